The van der Waals surface area contributed by atoms with Gasteiger partial charge in [0, 0.05) is 31.7 Å². The Kier molecular flexibility index (Phi) is 5.81. The van der Waals surface area contributed by atoms with Gasteiger partial charge < -0.3 is 15.0 Å². The summed E-state index contributed by atoms with van der Waals surface area (Å²) in [7, 11) is 1.36. The van der Waals surface area contributed by atoms with E-state index in [0.717, 1.165) is 37.5 Å². The molecule has 120 valence electrons. The third-order valence-corrected chi connectivity index (χ3v) is 4.11. The van der Waals surface area contributed by atoms with Crippen molar-refractivity contribution in [2.75, 3.05) is 32.1 Å². The van der Waals surface area contributed by atoms with Crippen LogP contribution in [0.3, 0.4) is 0 Å². The Morgan fingerprint density at radius 3 is 2.45 bits per heavy atom. The number of hydrogen-bond donors (Lipinski definition) is 1. The molecule has 1 saturated heterocycles. The molecule has 0 saturated carbocycles. The molecule has 0 bridgehead atoms. The van der Waals surface area contributed by atoms with E-state index in [4.69, 9.17) is 0 Å². The lowest BCUT2D eigenvalue weighted by molar-refractivity contribution is -0.132. The van der Waals surface area contributed by atoms with Gasteiger partial charge in [-0.25, -0.2) is 4.79 Å². The molecule has 1 N–H and O–H groups in total. The van der Waals surface area contributed by atoms with E-state index in [9.17, 15) is 9.59 Å². The molecule has 1 aromatic rings. The van der Waals surface area contributed by atoms with Crippen LogP contribution in [-0.4, -0.2) is 43.5 Å². The van der Waals surface area contributed by atoms with Crippen molar-refractivity contribution < 1.29 is 14.3 Å². The van der Waals surface area contributed by atoms with Crippen molar-refractivity contribution in [1.82, 2.24) is 4.90 Å². The molecule has 0 aliphatic carbocycles. The van der Waals surface area contributed by atoms with Crippen LogP contribution in [0.1, 0.15) is 36.5 Å². The number of nitrogens with one attached hydrogen (secondary N) is 1. The van der Waals surface area contributed by atoms with Crippen LogP contribution >= 0.6 is 0 Å². The van der Waals surface area contributed by atoms with Crippen molar-refractivity contribution in [2.45, 2.75) is 26.2 Å². The van der Waals surface area contributed by atoms with E-state index in [-0.39, 0.29) is 11.9 Å². The number of carbonyl (C=O) groups is 2. The first-order valence-electron chi connectivity index (χ1n) is 7.80. The lowest BCUT2D eigenvalue weighted by atomic mass is 9.99. The molecule has 1 heterocycles. The normalized spacial score (nSPS) is 15.5. The first-order valence-corrected chi connectivity index (χ1v) is 7.80. The molecule has 1 fully saturated rings. The van der Waals surface area contributed by atoms with E-state index in [0.29, 0.717) is 18.5 Å². The summed E-state index contributed by atoms with van der Waals surface area (Å²) in [5.41, 5.74) is 1.42. The Labute approximate surface area is 131 Å². The Hall–Kier alpha value is -2.04. The standard InChI is InChI=1S/C17H24N2O3/c1-13-8-11-19(12-9-13)16(20)7-10-18-15-5-3-14(4-6-15)17(21)22-2/h3-6,13,18H,7-12H2,1-2H3. The van der Waals surface area contributed by atoms with E-state index >= 15 is 0 Å². The minimum absolute atomic E-state index is 0.214. The second-order valence-corrected chi connectivity index (χ2v) is 5.81. The van der Waals surface area contributed by atoms with Crippen molar-refractivity contribution in [3.8, 4) is 0 Å². The second-order valence-electron chi connectivity index (χ2n) is 5.81. The number of carbonyl (C=O) groups excluding carboxylic acids is 2. The van der Waals surface area contributed by atoms with E-state index < -0.39 is 0 Å². The number of amides is 1. The van der Waals surface area contributed by atoms with Gasteiger partial charge in [-0.1, -0.05) is 6.92 Å². The van der Waals surface area contributed by atoms with Gasteiger partial charge in [-0.3, -0.25) is 4.79 Å². The van der Waals surface area contributed by atoms with Crippen LogP contribution in [-0.2, 0) is 9.53 Å². The molecule has 1 aromatic carbocycles. The number of methoxy groups -OCH3 is 1. The van der Waals surface area contributed by atoms with Crippen molar-refractivity contribution in [3.05, 3.63) is 29.8 Å². The number of rotatable bonds is 5. The zero-order valence-corrected chi connectivity index (χ0v) is 13.3. The van der Waals surface area contributed by atoms with Crippen LogP contribution in [0, 0.1) is 5.92 Å². The number of nitrogens with zero attached hydrogens (tertiary/aromatic N) is 1. The van der Waals surface area contributed by atoms with E-state index in [1.807, 2.05) is 17.0 Å². The molecular formula is C17H24N2O3. The van der Waals surface area contributed by atoms with Gasteiger partial charge in [0.2, 0.25) is 5.91 Å². The van der Waals surface area contributed by atoms with Gasteiger partial charge in [-0.15, -0.1) is 0 Å². The molecule has 0 atom stereocenters. The average Bonchev–Trinajstić information content (AvgIpc) is 2.55. The molecule has 5 nitrogen and oxygen atoms in total. The van der Waals surface area contributed by atoms with E-state index in [2.05, 4.69) is 17.0 Å². The van der Waals surface area contributed by atoms with Crippen LogP contribution in [0.25, 0.3) is 0 Å². The maximum absolute atomic E-state index is 12.1. The number of piperidine rings is 1. The summed E-state index contributed by atoms with van der Waals surface area (Å²) >= 11 is 0. The Morgan fingerprint density at radius 2 is 1.86 bits per heavy atom. The third-order valence-electron chi connectivity index (χ3n) is 4.11. The van der Waals surface area contributed by atoms with Gasteiger partial charge in [-0.2, -0.15) is 0 Å². The van der Waals surface area contributed by atoms with Crippen LogP contribution in [0.15, 0.2) is 24.3 Å². The SMILES string of the molecule is COC(=O)c1ccc(NCCC(=O)N2CCC(C)CC2)cc1. The molecule has 22 heavy (non-hydrogen) atoms. The van der Waals surface area contributed by atoms with Crippen molar-refractivity contribution in [1.29, 1.82) is 0 Å². The van der Waals surface area contributed by atoms with Crippen molar-refractivity contribution in [2.24, 2.45) is 5.92 Å². The first kappa shape index (κ1) is 16.3. The Morgan fingerprint density at radius 1 is 1.23 bits per heavy atom. The van der Waals surface area contributed by atoms with Gasteiger partial charge in [0.25, 0.3) is 0 Å². The van der Waals surface area contributed by atoms with Gasteiger partial charge >= 0.3 is 5.97 Å². The molecule has 0 spiro atoms. The smallest absolute Gasteiger partial charge is 0.337 e. The zero-order valence-electron chi connectivity index (χ0n) is 13.3. The Bertz CT molecular complexity index is 505. The maximum atomic E-state index is 12.1. The summed E-state index contributed by atoms with van der Waals surface area (Å²) in [5, 5.41) is 3.21. The van der Waals surface area contributed by atoms with Crippen LogP contribution in [0.4, 0.5) is 5.69 Å². The highest BCUT2D eigenvalue weighted by atomic mass is 16.5. The first-order chi connectivity index (χ1) is 10.6. The summed E-state index contributed by atoms with van der Waals surface area (Å²) in [6.45, 7) is 4.60. The predicted molar refractivity (Wildman–Crippen MR) is 85.9 cm³/mol. The van der Waals surface area contributed by atoms with Crippen LogP contribution < -0.4 is 5.32 Å². The molecular weight excluding hydrogens is 280 g/mol. The fourth-order valence-electron chi connectivity index (χ4n) is 2.57. The maximum Gasteiger partial charge on any atom is 0.337 e. The topological polar surface area (TPSA) is 58.6 Å². The highest BCUT2D eigenvalue weighted by Gasteiger charge is 2.19. The number of esters is 1. The number of anilines is 1. The minimum atomic E-state index is -0.346. The summed E-state index contributed by atoms with van der Waals surface area (Å²) in [6, 6.07) is 7.06. The van der Waals surface area contributed by atoms with Gasteiger partial charge in [-0.05, 0) is 43.0 Å². The molecule has 2 rings (SSSR count). The lowest BCUT2D eigenvalue weighted by Crippen LogP contribution is -2.38. The van der Waals surface area contributed by atoms with Crippen LogP contribution in [0.2, 0.25) is 0 Å². The minimum Gasteiger partial charge on any atom is -0.465 e. The quantitative estimate of drug-likeness (QED) is 0.849. The van der Waals surface area contributed by atoms with Crippen molar-refractivity contribution >= 4 is 17.6 Å². The van der Waals surface area contributed by atoms with Gasteiger partial charge in [0.1, 0.15) is 0 Å². The van der Waals surface area contributed by atoms with Crippen LogP contribution in [0.5, 0.6) is 0 Å². The third kappa shape index (κ3) is 4.48. The molecule has 5 heteroatoms. The number of ether oxygens (including phenoxy) is 1. The monoisotopic (exact) mass is 304 g/mol. The highest BCUT2D eigenvalue weighted by molar-refractivity contribution is 5.89. The number of likely N-dealkylation sites (tertiary alicyclic amines) is 1. The molecule has 1 aliphatic rings. The molecule has 0 radical (unpaired) electrons. The summed E-state index contributed by atoms with van der Waals surface area (Å²) in [4.78, 5) is 25.4. The van der Waals surface area contributed by atoms with Gasteiger partial charge in [0.15, 0.2) is 0 Å². The summed E-state index contributed by atoms with van der Waals surface area (Å²) in [5.74, 6) is 0.599. The number of hydrogen-bond acceptors (Lipinski definition) is 4. The molecule has 0 aromatic heterocycles. The fraction of sp³-hybridized carbons (Fsp3) is 0.529. The molecule has 1 aliphatic heterocycles. The fourth-order valence-corrected chi connectivity index (χ4v) is 2.57. The summed E-state index contributed by atoms with van der Waals surface area (Å²) < 4.78 is 4.65. The summed E-state index contributed by atoms with van der Waals surface area (Å²) in [6.07, 6.45) is 2.70. The lowest BCUT2D eigenvalue weighted by Gasteiger charge is -2.30. The molecule has 0 unspecified atom stereocenters. The van der Waals surface area contributed by atoms with Crippen molar-refractivity contribution in [3.63, 3.8) is 0 Å². The zero-order chi connectivity index (χ0) is 15.9. The van der Waals surface area contributed by atoms with Gasteiger partial charge in [0.05, 0.1) is 12.7 Å². The van der Waals surface area contributed by atoms with E-state index in [1.54, 1.807) is 12.1 Å². The average molecular weight is 304 g/mol. The van der Waals surface area contributed by atoms with E-state index in [1.165, 1.54) is 7.11 Å². The predicted octanol–water partition coefficient (Wildman–Crippen LogP) is 2.53. The molecule has 1 amide bonds. The number of benzene rings is 1. The largest absolute Gasteiger partial charge is 0.465 e. The Balaban J connectivity index is 1.74. The highest BCUT2D eigenvalue weighted by Crippen LogP contribution is 2.16. The second kappa shape index (κ2) is 7.82.